The van der Waals surface area contributed by atoms with Crippen LogP contribution in [0.3, 0.4) is 0 Å². The molecule has 114 valence electrons. The van der Waals surface area contributed by atoms with Crippen molar-refractivity contribution >= 4 is 5.91 Å². The van der Waals surface area contributed by atoms with Crippen molar-refractivity contribution in [1.29, 1.82) is 0 Å². The molecule has 1 aromatic heterocycles. The van der Waals surface area contributed by atoms with E-state index in [2.05, 4.69) is 37.6 Å². The summed E-state index contributed by atoms with van der Waals surface area (Å²) in [7, 11) is 0. The fourth-order valence-corrected chi connectivity index (χ4v) is 2.05. The quantitative estimate of drug-likeness (QED) is 0.818. The lowest BCUT2D eigenvalue weighted by atomic mass is 10.1. The van der Waals surface area contributed by atoms with Crippen LogP contribution < -0.4 is 5.73 Å². The van der Waals surface area contributed by atoms with Crippen LogP contribution in [0.15, 0.2) is 18.5 Å². The van der Waals surface area contributed by atoms with E-state index >= 15 is 0 Å². The summed E-state index contributed by atoms with van der Waals surface area (Å²) < 4.78 is 0. The monoisotopic (exact) mass is 287 g/mol. The molecule has 1 atom stereocenters. The first-order chi connectivity index (χ1) is 10.2. The van der Waals surface area contributed by atoms with E-state index in [1.807, 2.05) is 4.90 Å². The summed E-state index contributed by atoms with van der Waals surface area (Å²) in [6.45, 7) is 7.35. The summed E-state index contributed by atoms with van der Waals surface area (Å²) in [5.74, 6) is 5.76. The lowest BCUT2D eigenvalue weighted by Crippen LogP contribution is -2.39. The highest BCUT2D eigenvalue weighted by atomic mass is 16.2. The molecule has 1 amide bonds. The van der Waals surface area contributed by atoms with E-state index in [9.17, 15) is 4.79 Å². The fraction of sp³-hybridized carbons (Fsp3) is 0.529. The molecule has 21 heavy (non-hydrogen) atoms. The van der Waals surface area contributed by atoms with Crippen LogP contribution >= 0.6 is 0 Å². The fourth-order valence-electron chi connectivity index (χ4n) is 2.05. The van der Waals surface area contributed by atoms with E-state index in [0.717, 1.165) is 25.8 Å². The highest BCUT2D eigenvalue weighted by Crippen LogP contribution is 2.14. The Morgan fingerprint density at radius 2 is 2.24 bits per heavy atom. The van der Waals surface area contributed by atoms with Gasteiger partial charge in [-0.3, -0.25) is 9.78 Å². The van der Waals surface area contributed by atoms with Crippen molar-refractivity contribution in [3.8, 4) is 11.8 Å². The van der Waals surface area contributed by atoms with Gasteiger partial charge < -0.3 is 10.6 Å². The largest absolute Gasteiger partial charge is 0.336 e. The molecule has 0 saturated heterocycles. The number of carbonyl (C=O) groups is 1. The number of hydrogen-bond acceptors (Lipinski definition) is 3. The number of rotatable bonds is 6. The highest BCUT2D eigenvalue weighted by molar-refractivity contribution is 5.96. The summed E-state index contributed by atoms with van der Waals surface area (Å²) in [6.07, 6.45) is 6.27. The third-order valence-corrected chi connectivity index (χ3v) is 3.51. The normalized spacial score (nSPS) is 11.4. The topological polar surface area (TPSA) is 59.2 Å². The summed E-state index contributed by atoms with van der Waals surface area (Å²) in [4.78, 5) is 18.8. The lowest BCUT2D eigenvalue weighted by Gasteiger charge is -2.29. The molecule has 1 heterocycles. The van der Waals surface area contributed by atoms with Crippen LogP contribution in [0.5, 0.6) is 0 Å². The number of nitrogens with two attached hydrogens (primary N) is 1. The molecule has 2 N–H and O–H groups in total. The van der Waals surface area contributed by atoms with Crippen molar-refractivity contribution in [1.82, 2.24) is 9.88 Å². The van der Waals surface area contributed by atoms with Crippen LogP contribution in [0, 0.1) is 11.8 Å². The van der Waals surface area contributed by atoms with E-state index in [1.54, 1.807) is 18.5 Å². The van der Waals surface area contributed by atoms with Gasteiger partial charge in [0.2, 0.25) is 0 Å². The van der Waals surface area contributed by atoms with E-state index in [-0.39, 0.29) is 18.5 Å². The third kappa shape index (κ3) is 4.87. The summed E-state index contributed by atoms with van der Waals surface area (Å²) in [5, 5.41) is 0. The van der Waals surface area contributed by atoms with Gasteiger partial charge in [0.25, 0.3) is 5.91 Å². The minimum Gasteiger partial charge on any atom is -0.336 e. The van der Waals surface area contributed by atoms with Gasteiger partial charge in [-0.25, -0.2) is 0 Å². The summed E-state index contributed by atoms with van der Waals surface area (Å²) >= 11 is 0. The Balaban J connectivity index is 3.08. The average molecular weight is 287 g/mol. The molecule has 1 aromatic rings. The molecule has 1 rings (SSSR count). The maximum absolute atomic E-state index is 12.8. The molecule has 0 aliphatic heterocycles. The van der Waals surface area contributed by atoms with Gasteiger partial charge in [0.05, 0.1) is 17.7 Å². The van der Waals surface area contributed by atoms with E-state index in [4.69, 9.17) is 5.73 Å². The molecule has 0 spiro atoms. The zero-order chi connectivity index (χ0) is 15.7. The first-order valence-electron chi connectivity index (χ1n) is 7.59. The standard InChI is InChI=1S/C17H25N3O/c1-4-6-12-20(14(3)5-2)17(21)16-9-11-19-13-15(16)8-7-10-18/h9,11,13-14H,4-6,10,12,18H2,1-3H3. The van der Waals surface area contributed by atoms with Crippen LogP contribution in [0.2, 0.25) is 0 Å². The van der Waals surface area contributed by atoms with Crippen LogP contribution in [0.4, 0.5) is 0 Å². The van der Waals surface area contributed by atoms with Gasteiger partial charge in [-0.1, -0.05) is 32.1 Å². The SMILES string of the molecule is CCCCN(C(=O)c1ccncc1C#CCN)C(C)CC. The van der Waals surface area contributed by atoms with Gasteiger partial charge in [0.1, 0.15) is 0 Å². The van der Waals surface area contributed by atoms with Gasteiger partial charge in [-0.05, 0) is 25.8 Å². The number of hydrogen-bond donors (Lipinski definition) is 1. The molecular formula is C17H25N3O. The van der Waals surface area contributed by atoms with Crippen molar-refractivity contribution < 1.29 is 4.79 Å². The molecular weight excluding hydrogens is 262 g/mol. The summed E-state index contributed by atoms with van der Waals surface area (Å²) in [6, 6.07) is 1.96. The van der Waals surface area contributed by atoms with Crippen LogP contribution in [0.1, 0.15) is 56.0 Å². The van der Waals surface area contributed by atoms with Gasteiger partial charge >= 0.3 is 0 Å². The predicted octanol–water partition coefficient (Wildman–Crippen LogP) is 2.43. The molecule has 0 saturated carbocycles. The predicted molar refractivity (Wildman–Crippen MR) is 85.9 cm³/mol. The number of nitrogens with zero attached hydrogens (tertiary/aromatic N) is 2. The number of amides is 1. The van der Waals surface area contributed by atoms with Gasteiger partial charge in [0, 0.05) is 25.0 Å². The number of aromatic nitrogens is 1. The zero-order valence-corrected chi connectivity index (χ0v) is 13.2. The van der Waals surface area contributed by atoms with Gasteiger partial charge in [0.15, 0.2) is 0 Å². The zero-order valence-electron chi connectivity index (χ0n) is 13.2. The van der Waals surface area contributed by atoms with E-state index in [0.29, 0.717) is 11.1 Å². The molecule has 4 nitrogen and oxygen atoms in total. The second-order valence-corrected chi connectivity index (χ2v) is 5.04. The van der Waals surface area contributed by atoms with Crippen molar-refractivity contribution in [2.45, 2.75) is 46.1 Å². The van der Waals surface area contributed by atoms with E-state index < -0.39 is 0 Å². The maximum Gasteiger partial charge on any atom is 0.255 e. The van der Waals surface area contributed by atoms with Crippen molar-refractivity contribution in [3.63, 3.8) is 0 Å². The molecule has 0 fully saturated rings. The molecule has 0 aliphatic carbocycles. The second kappa shape index (κ2) is 9.15. The first kappa shape index (κ1) is 17.2. The van der Waals surface area contributed by atoms with Gasteiger partial charge in [-0.2, -0.15) is 0 Å². The number of unbranched alkanes of at least 4 members (excludes halogenated alkanes) is 1. The van der Waals surface area contributed by atoms with Crippen LogP contribution in [-0.4, -0.2) is 34.9 Å². The Kier molecular flexibility index (Phi) is 7.49. The minimum atomic E-state index is 0.0292. The Morgan fingerprint density at radius 1 is 1.48 bits per heavy atom. The molecule has 0 bridgehead atoms. The Bertz CT molecular complexity index is 516. The Morgan fingerprint density at radius 3 is 2.86 bits per heavy atom. The average Bonchev–Trinajstić information content (AvgIpc) is 2.52. The van der Waals surface area contributed by atoms with Gasteiger partial charge in [-0.15, -0.1) is 0 Å². The molecule has 4 heteroatoms. The highest BCUT2D eigenvalue weighted by Gasteiger charge is 2.21. The third-order valence-electron chi connectivity index (χ3n) is 3.51. The first-order valence-corrected chi connectivity index (χ1v) is 7.59. The van der Waals surface area contributed by atoms with Crippen LogP contribution in [-0.2, 0) is 0 Å². The number of carbonyl (C=O) groups excluding carboxylic acids is 1. The maximum atomic E-state index is 12.8. The minimum absolute atomic E-state index is 0.0292. The smallest absolute Gasteiger partial charge is 0.255 e. The molecule has 1 unspecified atom stereocenters. The van der Waals surface area contributed by atoms with Crippen LogP contribution in [0.25, 0.3) is 0 Å². The number of pyridine rings is 1. The lowest BCUT2D eigenvalue weighted by molar-refractivity contribution is 0.0685. The Hall–Kier alpha value is -1.86. The van der Waals surface area contributed by atoms with E-state index in [1.165, 1.54) is 0 Å². The molecule has 0 radical (unpaired) electrons. The van der Waals surface area contributed by atoms with Crippen molar-refractivity contribution in [2.24, 2.45) is 5.73 Å². The second-order valence-electron chi connectivity index (χ2n) is 5.04. The summed E-state index contributed by atoms with van der Waals surface area (Å²) in [5.41, 5.74) is 6.67. The van der Waals surface area contributed by atoms with Crippen molar-refractivity contribution in [2.75, 3.05) is 13.1 Å². The molecule has 0 aromatic carbocycles. The van der Waals surface area contributed by atoms with Crippen molar-refractivity contribution in [3.05, 3.63) is 29.6 Å². The molecule has 0 aliphatic rings. The Labute approximate surface area is 127 Å².